The number of aryl methyl sites for hydroxylation is 1. The summed E-state index contributed by atoms with van der Waals surface area (Å²) in [5, 5.41) is 11.1. The molecule has 1 aliphatic rings. The zero-order valence-corrected chi connectivity index (χ0v) is 7.23. The van der Waals surface area contributed by atoms with Crippen LogP contribution < -0.4 is 0 Å². The first-order valence-electron chi connectivity index (χ1n) is 4.06. The van der Waals surface area contributed by atoms with Crippen LogP contribution in [-0.2, 0) is 12.8 Å². The molecule has 0 saturated carbocycles. The largest absolute Gasteiger partial charge is 0.396 e. The molecule has 0 fully saturated rings. The van der Waals surface area contributed by atoms with Crippen LogP contribution in [0.3, 0.4) is 0 Å². The summed E-state index contributed by atoms with van der Waals surface area (Å²) in [5.41, 5.74) is 1.47. The van der Waals surface area contributed by atoms with Crippen molar-refractivity contribution in [1.29, 1.82) is 0 Å². The number of fused-ring (bicyclic) bond motifs is 1. The van der Waals surface area contributed by atoms with Crippen LogP contribution >= 0.6 is 11.3 Å². The van der Waals surface area contributed by atoms with E-state index in [1.165, 1.54) is 23.3 Å². The predicted molar refractivity (Wildman–Crippen MR) is 46.9 cm³/mol. The molecule has 0 aromatic carbocycles. The van der Waals surface area contributed by atoms with Gasteiger partial charge in [-0.25, -0.2) is 0 Å². The zero-order valence-electron chi connectivity index (χ0n) is 6.42. The summed E-state index contributed by atoms with van der Waals surface area (Å²) in [7, 11) is 0. The van der Waals surface area contributed by atoms with Crippen LogP contribution in [-0.4, -0.2) is 11.7 Å². The normalized spacial score (nSPS) is 23.2. The molecule has 1 aromatic heterocycles. The Bertz CT molecular complexity index is 241. The van der Waals surface area contributed by atoms with Crippen molar-refractivity contribution in [3.05, 3.63) is 21.9 Å². The molecule has 11 heavy (non-hydrogen) atoms. The average molecular weight is 168 g/mol. The highest BCUT2D eigenvalue weighted by atomic mass is 32.1. The van der Waals surface area contributed by atoms with Gasteiger partial charge in [0.15, 0.2) is 0 Å². The van der Waals surface area contributed by atoms with E-state index in [-0.39, 0.29) is 0 Å². The molecule has 1 nitrogen and oxygen atoms in total. The molecule has 1 aliphatic carbocycles. The van der Waals surface area contributed by atoms with E-state index in [1.807, 2.05) is 11.3 Å². The predicted octanol–water partition coefficient (Wildman–Crippen LogP) is 1.85. The highest BCUT2D eigenvalue weighted by Crippen LogP contribution is 2.28. The molecule has 0 spiro atoms. The minimum atomic E-state index is 0.356. The molecule has 0 saturated heterocycles. The van der Waals surface area contributed by atoms with E-state index in [0.717, 1.165) is 6.42 Å². The highest BCUT2D eigenvalue weighted by molar-refractivity contribution is 7.10. The number of aliphatic hydroxyl groups is 1. The monoisotopic (exact) mass is 168 g/mol. The maximum atomic E-state index is 8.96. The van der Waals surface area contributed by atoms with Crippen molar-refractivity contribution < 1.29 is 5.11 Å². The van der Waals surface area contributed by atoms with Gasteiger partial charge in [0.05, 0.1) is 0 Å². The molecule has 1 unspecified atom stereocenters. The molecular formula is C9H12OS. The second-order valence-electron chi connectivity index (χ2n) is 3.16. The zero-order chi connectivity index (χ0) is 7.68. The lowest BCUT2D eigenvalue weighted by molar-refractivity contribution is 0.214. The minimum absolute atomic E-state index is 0.356. The molecule has 1 atom stereocenters. The fourth-order valence-corrected chi connectivity index (χ4v) is 2.61. The Balaban J connectivity index is 2.18. The van der Waals surface area contributed by atoms with Crippen molar-refractivity contribution in [2.24, 2.45) is 5.92 Å². The smallest absolute Gasteiger partial charge is 0.0462 e. The van der Waals surface area contributed by atoms with Crippen LogP contribution in [0.2, 0.25) is 0 Å². The molecule has 0 radical (unpaired) electrons. The molecule has 1 aromatic rings. The van der Waals surface area contributed by atoms with Gasteiger partial charge in [-0.15, -0.1) is 11.3 Å². The molecule has 2 heteroatoms. The topological polar surface area (TPSA) is 20.2 Å². The minimum Gasteiger partial charge on any atom is -0.396 e. The van der Waals surface area contributed by atoms with E-state index in [1.54, 1.807) is 0 Å². The Hall–Kier alpha value is -0.340. The van der Waals surface area contributed by atoms with Crippen LogP contribution in [0.1, 0.15) is 16.9 Å². The van der Waals surface area contributed by atoms with Gasteiger partial charge in [-0.1, -0.05) is 0 Å². The van der Waals surface area contributed by atoms with E-state index < -0.39 is 0 Å². The molecule has 0 bridgehead atoms. The van der Waals surface area contributed by atoms with Crippen molar-refractivity contribution >= 4 is 11.3 Å². The van der Waals surface area contributed by atoms with Crippen molar-refractivity contribution in [1.82, 2.24) is 0 Å². The van der Waals surface area contributed by atoms with Gasteiger partial charge in [0.1, 0.15) is 0 Å². The highest BCUT2D eigenvalue weighted by Gasteiger charge is 2.17. The summed E-state index contributed by atoms with van der Waals surface area (Å²) in [5.74, 6) is 0.525. The third kappa shape index (κ3) is 1.33. The molecular weight excluding hydrogens is 156 g/mol. The second-order valence-corrected chi connectivity index (χ2v) is 4.16. The maximum Gasteiger partial charge on any atom is 0.0462 e. The number of hydrogen-bond acceptors (Lipinski definition) is 2. The van der Waals surface area contributed by atoms with E-state index in [0.29, 0.717) is 12.5 Å². The van der Waals surface area contributed by atoms with Gasteiger partial charge in [0.25, 0.3) is 0 Å². The summed E-state index contributed by atoms with van der Waals surface area (Å²) < 4.78 is 0. The number of rotatable bonds is 1. The van der Waals surface area contributed by atoms with Crippen LogP contribution in [0.15, 0.2) is 11.4 Å². The molecule has 1 heterocycles. The Labute approximate surface area is 70.7 Å². The third-order valence-electron chi connectivity index (χ3n) is 2.38. The molecule has 1 N–H and O–H groups in total. The summed E-state index contributed by atoms with van der Waals surface area (Å²) in [6.45, 7) is 0.356. The van der Waals surface area contributed by atoms with Gasteiger partial charge >= 0.3 is 0 Å². The number of aliphatic hydroxyl groups excluding tert-OH is 1. The Morgan fingerprint density at radius 1 is 1.64 bits per heavy atom. The molecule has 60 valence electrons. The lowest BCUT2D eigenvalue weighted by atomic mass is 9.89. The summed E-state index contributed by atoms with van der Waals surface area (Å²) in [6.07, 6.45) is 3.44. The van der Waals surface area contributed by atoms with Crippen molar-refractivity contribution in [3.8, 4) is 0 Å². The Kier molecular flexibility index (Phi) is 1.96. The Morgan fingerprint density at radius 3 is 3.36 bits per heavy atom. The maximum absolute atomic E-state index is 8.96. The molecule has 0 aliphatic heterocycles. The van der Waals surface area contributed by atoms with Crippen LogP contribution in [0.25, 0.3) is 0 Å². The van der Waals surface area contributed by atoms with Crippen LogP contribution in [0.5, 0.6) is 0 Å². The van der Waals surface area contributed by atoms with Gasteiger partial charge in [-0.3, -0.25) is 0 Å². The van der Waals surface area contributed by atoms with Gasteiger partial charge in [-0.2, -0.15) is 0 Å². The quantitative estimate of drug-likeness (QED) is 0.678. The fraction of sp³-hybridized carbons (Fsp3) is 0.556. The first-order valence-corrected chi connectivity index (χ1v) is 4.94. The van der Waals surface area contributed by atoms with Crippen molar-refractivity contribution in [2.45, 2.75) is 19.3 Å². The summed E-state index contributed by atoms with van der Waals surface area (Å²) in [6, 6.07) is 2.20. The van der Waals surface area contributed by atoms with Gasteiger partial charge < -0.3 is 5.11 Å². The summed E-state index contributed by atoms with van der Waals surface area (Å²) >= 11 is 1.86. The van der Waals surface area contributed by atoms with Crippen molar-refractivity contribution in [2.75, 3.05) is 6.61 Å². The van der Waals surface area contributed by atoms with Gasteiger partial charge in [-0.05, 0) is 42.2 Å². The molecule has 2 rings (SSSR count). The second kappa shape index (κ2) is 2.95. The SMILES string of the molecule is OCC1CCc2sccc2C1. The Morgan fingerprint density at radius 2 is 2.55 bits per heavy atom. The average Bonchev–Trinajstić information content (AvgIpc) is 2.50. The van der Waals surface area contributed by atoms with Crippen LogP contribution in [0, 0.1) is 5.92 Å². The third-order valence-corrected chi connectivity index (χ3v) is 3.41. The number of hydrogen-bond donors (Lipinski definition) is 1. The van der Waals surface area contributed by atoms with Gasteiger partial charge in [0.2, 0.25) is 0 Å². The van der Waals surface area contributed by atoms with Crippen molar-refractivity contribution in [3.63, 3.8) is 0 Å². The van der Waals surface area contributed by atoms with E-state index in [9.17, 15) is 0 Å². The van der Waals surface area contributed by atoms with Crippen LogP contribution in [0.4, 0.5) is 0 Å². The van der Waals surface area contributed by atoms with E-state index in [4.69, 9.17) is 5.11 Å². The lowest BCUT2D eigenvalue weighted by Gasteiger charge is -2.19. The first kappa shape index (κ1) is 7.32. The van der Waals surface area contributed by atoms with Gasteiger partial charge in [0, 0.05) is 11.5 Å². The first-order chi connectivity index (χ1) is 5.40. The van der Waals surface area contributed by atoms with E-state index >= 15 is 0 Å². The molecule has 0 amide bonds. The fourth-order valence-electron chi connectivity index (χ4n) is 1.67. The number of thiophene rings is 1. The lowest BCUT2D eigenvalue weighted by Crippen LogP contribution is -2.15. The standard InChI is InChI=1S/C9H12OS/c10-6-7-1-2-9-8(5-7)3-4-11-9/h3-4,7,10H,1-2,5-6H2. The van der Waals surface area contributed by atoms with E-state index in [2.05, 4.69) is 11.4 Å². The summed E-state index contributed by atoms with van der Waals surface area (Å²) in [4.78, 5) is 1.54.